The topological polar surface area (TPSA) is 117 Å². The van der Waals surface area contributed by atoms with Crippen LogP contribution < -0.4 is 15.5 Å². The fourth-order valence-electron chi connectivity index (χ4n) is 3.51. The first-order chi connectivity index (χ1) is 12.6. The molecule has 0 spiro atoms. The summed E-state index contributed by atoms with van der Waals surface area (Å²) in [5.74, 6) is -1.42. The lowest BCUT2D eigenvalue weighted by Crippen LogP contribution is -2.44. The normalized spacial score (nSPS) is 25.0. The number of fused-ring (bicyclic) bond motifs is 1. The molecular formula is C16H20N6O4. The minimum Gasteiger partial charge on any atom is -0.465 e. The predicted octanol–water partition coefficient (Wildman–Crippen LogP) is -1.54. The Labute approximate surface area is 149 Å². The fraction of sp³-hybridized carbons (Fsp3) is 0.562. The first kappa shape index (κ1) is 16.7. The first-order valence-electron chi connectivity index (χ1n) is 8.66. The van der Waals surface area contributed by atoms with Gasteiger partial charge in [-0.15, -0.1) is 0 Å². The molecule has 1 aromatic heterocycles. The summed E-state index contributed by atoms with van der Waals surface area (Å²) in [7, 11) is 0. The third-order valence-electron chi connectivity index (χ3n) is 4.96. The standard InChI is InChI=1S/C16H20N6O4/c23-13(14(24)22-7-10-9-26-15(25)12(10)8-22)20-11-5-18-16(19-6-11)21-3-1-17-2-4-21/h5-6,10,12,17H,1-4,7-9H2,(H,20,23)/t10-,12-/m1/s1. The molecule has 3 fully saturated rings. The molecule has 10 heteroatoms. The number of rotatable bonds is 2. The number of piperazine rings is 1. The van der Waals surface area contributed by atoms with Crippen LogP contribution in [0.2, 0.25) is 0 Å². The van der Waals surface area contributed by atoms with Crippen molar-refractivity contribution < 1.29 is 19.1 Å². The Balaban J connectivity index is 1.34. The van der Waals surface area contributed by atoms with Gasteiger partial charge in [-0.1, -0.05) is 0 Å². The van der Waals surface area contributed by atoms with Crippen molar-refractivity contribution >= 4 is 29.4 Å². The van der Waals surface area contributed by atoms with Gasteiger partial charge in [0.05, 0.1) is 30.6 Å². The molecule has 2 amide bonds. The van der Waals surface area contributed by atoms with Crippen molar-refractivity contribution in [2.75, 3.05) is 56.1 Å². The Hall–Kier alpha value is -2.75. The zero-order chi connectivity index (χ0) is 18.1. The number of esters is 1. The highest BCUT2D eigenvalue weighted by molar-refractivity contribution is 6.39. The largest absolute Gasteiger partial charge is 0.465 e. The molecule has 0 bridgehead atoms. The van der Waals surface area contributed by atoms with E-state index >= 15 is 0 Å². The summed E-state index contributed by atoms with van der Waals surface area (Å²) in [6, 6.07) is 0. The van der Waals surface area contributed by atoms with Crippen molar-refractivity contribution in [3.8, 4) is 0 Å². The molecule has 26 heavy (non-hydrogen) atoms. The van der Waals surface area contributed by atoms with E-state index in [0.717, 1.165) is 26.2 Å². The molecule has 0 aromatic carbocycles. The molecule has 3 aliphatic heterocycles. The molecule has 3 aliphatic rings. The van der Waals surface area contributed by atoms with Crippen molar-refractivity contribution in [2.45, 2.75) is 0 Å². The van der Waals surface area contributed by atoms with E-state index < -0.39 is 11.8 Å². The Morgan fingerprint density at radius 3 is 2.62 bits per heavy atom. The highest BCUT2D eigenvalue weighted by Crippen LogP contribution is 2.30. The van der Waals surface area contributed by atoms with Crippen LogP contribution in [0.5, 0.6) is 0 Å². The van der Waals surface area contributed by atoms with Crippen LogP contribution in [0.1, 0.15) is 0 Å². The van der Waals surface area contributed by atoms with Crippen molar-refractivity contribution in [2.24, 2.45) is 11.8 Å². The van der Waals surface area contributed by atoms with Crippen LogP contribution >= 0.6 is 0 Å². The zero-order valence-electron chi connectivity index (χ0n) is 14.2. The van der Waals surface area contributed by atoms with E-state index in [4.69, 9.17) is 4.74 Å². The quantitative estimate of drug-likeness (QED) is 0.481. The van der Waals surface area contributed by atoms with Gasteiger partial charge in [0.25, 0.3) is 0 Å². The molecule has 1 aromatic rings. The van der Waals surface area contributed by atoms with Crippen molar-refractivity contribution in [3.05, 3.63) is 12.4 Å². The monoisotopic (exact) mass is 360 g/mol. The van der Waals surface area contributed by atoms with E-state index in [1.54, 1.807) is 0 Å². The number of anilines is 2. The summed E-state index contributed by atoms with van der Waals surface area (Å²) >= 11 is 0. The number of carbonyl (C=O) groups is 3. The summed E-state index contributed by atoms with van der Waals surface area (Å²) < 4.78 is 4.96. The lowest BCUT2D eigenvalue weighted by Gasteiger charge is -2.27. The van der Waals surface area contributed by atoms with Gasteiger partial charge in [0.1, 0.15) is 0 Å². The lowest BCUT2D eigenvalue weighted by atomic mass is 10.0. The molecule has 0 unspecified atom stereocenters. The number of hydrogen-bond donors (Lipinski definition) is 2. The van der Waals surface area contributed by atoms with Gasteiger partial charge in [0, 0.05) is 45.2 Å². The minimum absolute atomic E-state index is 0.0131. The maximum Gasteiger partial charge on any atom is 0.313 e. The second kappa shape index (κ2) is 6.87. The number of likely N-dealkylation sites (tertiary alicyclic amines) is 1. The number of aromatic nitrogens is 2. The smallest absolute Gasteiger partial charge is 0.313 e. The Morgan fingerprint density at radius 2 is 1.92 bits per heavy atom. The first-order valence-corrected chi connectivity index (χ1v) is 8.66. The summed E-state index contributed by atoms with van der Waals surface area (Å²) in [6.45, 7) is 4.31. The van der Waals surface area contributed by atoms with Crippen LogP contribution in [0.3, 0.4) is 0 Å². The number of carbonyl (C=O) groups excluding carboxylic acids is 3. The Kier molecular flexibility index (Phi) is 4.41. The molecule has 0 radical (unpaired) electrons. The van der Waals surface area contributed by atoms with Crippen molar-refractivity contribution in [1.82, 2.24) is 20.2 Å². The second-order valence-corrected chi connectivity index (χ2v) is 6.67. The van der Waals surface area contributed by atoms with Crippen LogP contribution in [-0.2, 0) is 19.1 Å². The third-order valence-corrected chi connectivity index (χ3v) is 4.96. The highest BCUT2D eigenvalue weighted by atomic mass is 16.5. The number of ether oxygens (including phenoxy) is 1. The molecule has 138 valence electrons. The summed E-state index contributed by atoms with van der Waals surface area (Å²) in [4.78, 5) is 48.0. The zero-order valence-corrected chi connectivity index (χ0v) is 14.2. The van der Waals surface area contributed by atoms with Gasteiger partial charge in [-0.3, -0.25) is 14.4 Å². The van der Waals surface area contributed by atoms with Crippen molar-refractivity contribution in [3.63, 3.8) is 0 Å². The molecule has 10 nitrogen and oxygen atoms in total. The van der Waals surface area contributed by atoms with E-state index in [2.05, 4.69) is 25.5 Å². The predicted molar refractivity (Wildman–Crippen MR) is 90.3 cm³/mol. The maximum absolute atomic E-state index is 12.3. The van der Waals surface area contributed by atoms with Gasteiger partial charge in [-0.05, 0) is 0 Å². The van der Waals surface area contributed by atoms with Gasteiger partial charge in [0.15, 0.2) is 0 Å². The van der Waals surface area contributed by atoms with Gasteiger partial charge in [0.2, 0.25) is 5.95 Å². The van der Waals surface area contributed by atoms with E-state index in [0.29, 0.717) is 24.8 Å². The maximum atomic E-state index is 12.3. The SMILES string of the molecule is O=C(Nc1cnc(N2CCNCC2)nc1)C(=O)N1C[C@@H]2COC(=O)[C@@H]2C1. The van der Waals surface area contributed by atoms with Crippen LogP contribution in [0.4, 0.5) is 11.6 Å². The molecule has 3 saturated heterocycles. The second-order valence-electron chi connectivity index (χ2n) is 6.67. The lowest BCUT2D eigenvalue weighted by molar-refractivity contribution is -0.145. The Bertz CT molecular complexity index is 718. The minimum atomic E-state index is -0.753. The molecule has 4 rings (SSSR count). The number of amides is 2. The molecule has 2 N–H and O–H groups in total. The van der Waals surface area contributed by atoms with Gasteiger partial charge >= 0.3 is 17.8 Å². The van der Waals surface area contributed by atoms with Gasteiger partial charge < -0.3 is 25.2 Å². The number of cyclic esters (lactones) is 1. The van der Waals surface area contributed by atoms with Crippen molar-refractivity contribution in [1.29, 1.82) is 0 Å². The molecule has 0 aliphatic carbocycles. The highest BCUT2D eigenvalue weighted by Gasteiger charge is 2.46. The fourth-order valence-corrected chi connectivity index (χ4v) is 3.51. The van der Waals surface area contributed by atoms with Crippen LogP contribution in [0.15, 0.2) is 12.4 Å². The summed E-state index contributed by atoms with van der Waals surface area (Å²) in [5, 5.41) is 5.78. The summed E-state index contributed by atoms with van der Waals surface area (Å²) in [5.41, 5.74) is 0.362. The van der Waals surface area contributed by atoms with E-state index in [1.807, 2.05) is 0 Å². The van der Waals surface area contributed by atoms with E-state index in [1.165, 1.54) is 17.3 Å². The summed E-state index contributed by atoms with van der Waals surface area (Å²) in [6.07, 6.45) is 2.98. The molecular weight excluding hydrogens is 340 g/mol. The number of nitrogens with one attached hydrogen (secondary N) is 2. The molecule has 4 heterocycles. The number of nitrogens with zero attached hydrogens (tertiary/aromatic N) is 4. The van der Waals surface area contributed by atoms with Gasteiger partial charge in [-0.25, -0.2) is 9.97 Å². The van der Waals surface area contributed by atoms with Gasteiger partial charge in [-0.2, -0.15) is 0 Å². The van der Waals surface area contributed by atoms with E-state index in [9.17, 15) is 14.4 Å². The van der Waals surface area contributed by atoms with Crippen LogP contribution in [0, 0.1) is 11.8 Å². The average molecular weight is 360 g/mol. The number of hydrogen-bond acceptors (Lipinski definition) is 8. The molecule has 0 saturated carbocycles. The van der Waals surface area contributed by atoms with Crippen LogP contribution in [0.25, 0.3) is 0 Å². The van der Waals surface area contributed by atoms with Crippen LogP contribution in [-0.4, -0.2) is 78.5 Å². The molecule has 2 atom stereocenters. The average Bonchev–Trinajstić information content (AvgIpc) is 3.24. The van der Waals surface area contributed by atoms with E-state index in [-0.39, 0.29) is 24.3 Å². The Morgan fingerprint density at radius 1 is 1.19 bits per heavy atom. The third kappa shape index (κ3) is 3.19.